The fourth-order valence-corrected chi connectivity index (χ4v) is 3.56. The lowest BCUT2D eigenvalue weighted by Gasteiger charge is -2.12. The van der Waals surface area contributed by atoms with Crippen LogP contribution in [0.2, 0.25) is 0 Å². The van der Waals surface area contributed by atoms with Crippen LogP contribution >= 0.6 is 0 Å². The van der Waals surface area contributed by atoms with Crippen molar-refractivity contribution in [1.82, 2.24) is 24.6 Å². The van der Waals surface area contributed by atoms with Gasteiger partial charge < -0.3 is 5.32 Å². The van der Waals surface area contributed by atoms with E-state index in [9.17, 15) is 0 Å². The molecule has 4 aromatic heterocycles. The van der Waals surface area contributed by atoms with Crippen molar-refractivity contribution in [1.29, 1.82) is 0 Å². The van der Waals surface area contributed by atoms with Gasteiger partial charge in [0.05, 0.1) is 12.2 Å². The van der Waals surface area contributed by atoms with Crippen molar-refractivity contribution in [3.05, 3.63) is 96.2 Å². The zero-order chi connectivity index (χ0) is 21.2. The predicted molar refractivity (Wildman–Crippen MR) is 123 cm³/mol. The number of nitrogens with zero attached hydrogens (tertiary/aromatic N) is 5. The zero-order valence-corrected chi connectivity index (χ0v) is 17.4. The van der Waals surface area contributed by atoms with E-state index in [1.807, 2.05) is 67.2 Å². The van der Waals surface area contributed by atoms with Gasteiger partial charge >= 0.3 is 0 Å². The van der Waals surface area contributed by atoms with Crippen LogP contribution in [-0.2, 0) is 6.54 Å². The molecule has 1 N–H and O–H groups in total. The SMILES string of the molecule is Cc1cc(-c2nc(NCc3ccccn3)c3c(-c4ccccc4)ccn3n2)cnc1C. The molecule has 4 heterocycles. The van der Waals surface area contributed by atoms with Gasteiger partial charge in [-0.2, -0.15) is 0 Å². The van der Waals surface area contributed by atoms with E-state index in [0.717, 1.165) is 45.0 Å². The number of anilines is 1. The fraction of sp³-hybridized carbons (Fsp3) is 0.120. The molecule has 0 bridgehead atoms. The lowest BCUT2D eigenvalue weighted by Crippen LogP contribution is -2.08. The van der Waals surface area contributed by atoms with Crippen molar-refractivity contribution in [3.8, 4) is 22.5 Å². The highest BCUT2D eigenvalue weighted by atomic mass is 15.3. The molecule has 6 heteroatoms. The molecule has 0 aliphatic heterocycles. The van der Waals surface area contributed by atoms with Crippen LogP contribution in [0.5, 0.6) is 0 Å². The molecule has 31 heavy (non-hydrogen) atoms. The molecule has 0 atom stereocenters. The van der Waals surface area contributed by atoms with Crippen molar-refractivity contribution in [2.24, 2.45) is 0 Å². The first-order valence-electron chi connectivity index (χ1n) is 10.2. The smallest absolute Gasteiger partial charge is 0.183 e. The molecule has 0 amide bonds. The van der Waals surface area contributed by atoms with Gasteiger partial charge in [0, 0.05) is 35.4 Å². The van der Waals surface area contributed by atoms with E-state index in [1.165, 1.54) is 0 Å². The van der Waals surface area contributed by atoms with Crippen molar-refractivity contribution in [3.63, 3.8) is 0 Å². The molecule has 0 unspecified atom stereocenters. The number of nitrogens with one attached hydrogen (secondary N) is 1. The Bertz CT molecular complexity index is 1340. The molecular weight excluding hydrogens is 384 g/mol. The molecule has 5 aromatic rings. The van der Waals surface area contributed by atoms with Gasteiger partial charge in [-0.25, -0.2) is 9.50 Å². The van der Waals surface area contributed by atoms with Gasteiger partial charge in [0.2, 0.25) is 0 Å². The van der Waals surface area contributed by atoms with E-state index in [-0.39, 0.29) is 0 Å². The minimum atomic E-state index is 0.567. The summed E-state index contributed by atoms with van der Waals surface area (Å²) in [6.45, 7) is 4.62. The lowest BCUT2D eigenvalue weighted by molar-refractivity contribution is 0.905. The second-order valence-corrected chi connectivity index (χ2v) is 7.47. The van der Waals surface area contributed by atoms with Gasteiger partial charge in [0.15, 0.2) is 11.6 Å². The number of benzene rings is 1. The van der Waals surface area contributed by atoms with Gasteiger partial charge in [0.25, 0.3) is 0 Å². The number of hydrogen-bond acceptors (Lipinski definition) is 5. The van der Waals surface area contributed by atoms with Crippen molar-refractivity contribution < 1.29 is 0 Å². The van der Waals surface area contributed by atoms with Crippen LogP contribution in [0.3, 0.4) is 0 Å². The van der Waals surface area contributed by atoms with Crippen LogP contribution in [-0.4, -0.2) is 24.6 Å². The summed E-state index contributed by atoms with van der Waals surface area (Å²) >= 11 is 0. The summed E-state index contributed by atoms with van der Waals surface area (Å²) in [6, 6.07) is 20.3. The molecule has 5 rings (SSSR count). The Morgan fingerprint density at radius 1 is 0.903 bits per heavy atom. The van der Waals surface area contributed by atoms with Crippen molar-refractivity contribution >= 4 is 11.3 Å². The van der Waals surface area contributed by atoms with E-state index in [2.05, 4.69) is 39.6 Å². The maximum absolute atomic E-state index is 4.90. The molecule has 0 aliphatic rings. The number of aryl methyl sites for hydroxylation is 2. The summed E-state index contributed by atoms with van der Waals surface area (Å²) in [6.07, 6.45) is 5.60. The summed E-state index contributed by atoms with van der Waals surface area (Å²) in [7, 11) is 0. The second kappa shape index (κ2) is 7.99. The normalized spacial score (nSPS) is 11.0. The Hall–Kier alpha value is -4.06. The maximum atomic E-state index is 4.90. The Morgan fingerprint density at radius 3 is 2.52 bits per heavy atom. The van der Waals surface area contributed by atoms with Gasteiger partial charge in [-0.1, -0.05) is 36.4 Å². The van der Waals surface area contributed by atoms with Crippen LogP contribution in [0.25, 0.3) is 28.0 Å². The highest BCUT2D eigenvalue weighted by molar-refractivity contribution is 5.89. The first-order chi connectivity index (χ1) is 15.2. The third-order valence-corrected chi connectivity index (χ3v) is 5.36. The van der Waals surface area contributed by atoms with E-state index in [4.69, 9.17) is 10.1 Å². The summed E-state index contributed by atoms with van der Waals surface area (Å²) in [5, 5.41) is 8.27. The molecule has 0 aliphatic carbocycles. The molecule has 1 aromatic carbocycles. The average molecular weight is 406 g/mol. The Kier molecular flexibility index (Phi) is 4.88. The Labute approximate surface area is 180 Å². The number of fused-ring (bicyclic) bond motifs is 1. The van der Waals surface area contributed by atoms with E-state index >= 15 is 0 Å². The van der Waals surface area contributed by atoms with Gasteiger partial charge in [0.1, 0.15) is 5.52 Å². The monoisotopic (exact) mass is 406 g/mol. The van der Waals surface area contributed by atoms with Gasteiger partial charge in [-0.3, -0.25) is 9.97 Å². The Morgan fingerprint density at radius 2 is 1.74 bits per heavy atom. The van der Waals surface area contributed by atoms with Gasteiger partial charge in [-0.05, 0) is 49.2 Å². The number of hydrogen-bond donors (Lipinski definition) is 1. The van der Waals surface area contributed by atoms with Crippen LogP contribution in [0, 0.1) is 13.8 Å². The molecule has 6 nitrogen and oxygen atoms in total. The van der Waals surface area contributed by atoms with Crippen LogP contribution < -0.4 is 5.32 Å². The second-order valence-electron chi connectivity index (χ2n) is 7.47. The zero-order valence-electron chi connectivity index (χ0n) is 17.4. The number of rotatable bonds is 5. The summed E-state index contributed by atoms with van der Waals surface area (Å²) in [4.78, 5) is 13.8. The molecule has 0 spiro atoms. The fourth-order valence-electron chi connectivity index (χ4n) is 3.56. The summed E-state index contributed by atoms with van der Waals surface area (Å²) in [5.74, 6) is 1.39. The highest BCUT2D eigenvalue weighted by Crippen LogP contribution is 2.31. The minimum absolute atomic E-state index is 0.567. The topological polar surface area (TPSA) is 68.0 Å². The third-order valence-electron chi connectivity index (χ3n) is 5.36. The number of aromatic nitrogens is 5. The summed E-state index contributed by atoms with van der Waals surface area (Å²) < 4.78 is 1.89. The molecule has 0 saturated heterocycles. The molecule has 0 fully saturated rings. The van der Waals surface area contributed by atoms with E-state index in [1.54, 1.807) is 6.20 Å². The first kappa shape index (κ1) is 18.9. The average Bonchev–Trinajstić information content (AvgIpc) is 3.25. The highest BCUT2D eigenvalue weighted by Gasteiger charge is 2.16. The number of pyridine rings is 2. The molecule has 152 valence electrons. The van der Waals surface area contributed by atoms with Crippen molar-refractivity contribution in [2.45, 2.75) is 20.4 Å². The standard InChI is InChI=1S/C25H22N6/c1-17-14-20(15-27-18(17)2)24-29-25(28-16-21-10-6-7-12-26-21)23-22(11-13-31(23)30-24)19-8-4-3-5-9-19/h3-15H,16H2,1-2H3,(H,28,29,30). The first-order valence-corrected chi connectivity index (χ1v) is 10.2. The quantitative estimate of drug-likeness (QED) is 0.441. The van der Waals surface area contributed by atoms with E-state index in [0.29, 0.717) is 12.4 Å². The maximum Gasteiger partial charge on any atom is 0.183 e. The minimum Gasteiger partial charge on any atom is -0.363 e. The third kappa shape index (κ3) is 3.75. The Balaban J connectivity index is 1.65. The predicted octanol–water partition coefficient (Wildman–Crippen LogP) is 5.08. The lowest BCUT2D eigenvalue weighted by atomic mass is 10.1. The van der Waals surface area contributed by atoms with Crippen LogP contribution in [0.1, 0.15) is 17.0 Å². The van der Waals surface area contributed by atoms with Crippen LogP contribution in [0.4, 0.5) is 5.82 Å². The van der Waals surface area contributed by atoms with Gasteiger partial charge in [-0.15, -0.1) is 5.10 Å². The molecule has 0 saturated carbocycles. The van der Waals surface area contributed by atoms with Crippen molar-refractivity contribution in [2.75, 3.05) is 5.32 Å². The van der Waals surface area contributed by atoms with E-state index < -0.39 is 0 Å². The summed E-state index contributed by atoms with van der Waals surface area (Å²) in [5.41, 5.74) is 7.08. The van der Waals surface area contributed by atoms with Crippen LogP contribution in [0.15, 0.2) is 79.3 Å². The molecular formula is C25H22N6. The molecule has 0 radical (unpaired) electrons. The largest absolute Gasteiger partial charge is 0.363 e.